The maximum absolute atomic E-state index is 12.9. The van der Waals surface area contributed by atoms with Crippen LogP contribution in [0.15, 0.2) is 59.5 Å². The highest BCUT2D eigenvalue weighted by atomic mass is 35.5. The van der Waals surface area contributed by atoms with Gasteiger partial charge in [0, 0.05) is 17.1 Å². The Labute approximate surface area is 212 Å². The van der Waals surface area contributed by atoms with E-state index in [1.54, 1.807) is 42.5 Å². The van der Waals surface area contributed by atoms with E-state index in [9.17, 15) is 14.4 Å². The molecule has 9 heteroatoms. The van der Waals surface area contributed by atoms with Crippen molar-refractivity contribution in [2.24, 2.45) is 0 Å². The molecule has 0 atom stereocenters. The van der Waals surface area contributed by atoms with E-state index in [4.69, 9.17) is 21.1 Å². The number of nitrogens with zero attached hydrogens (tertiary/aromatic N) is 2. The second kappa shape index (κ2) is 10.4. The van der Waals surface area contributed by atoms with Crippen LogP contribution in [0.25, 0.3) is 11.8 Å². The molecule has 0 spiro atoms. The molecule has 2 aromatic carbocycles. The van der Waals surface area contributed by atoms with Crippen LogP contribution in [0.3, 0.4) is 0 Å². The molecule has 1 saturated heterocycles. The van der Waals surface area contributed by atoms with Gasteiger partial charge in [-0.1, -0.05) is 23.7 Å². The molecule has 0 unspecified atom stereocenters. The molecule has 1 aromatic heterocycles. The van der Waals surface area contributed by atoms with Gasteiger partial charge in [0.1, 0.15) is 12.4 Å². The van der Waals surface area contributed by atoms with E-state index in [1.165, 1.54) is 12.0 Å². The van der Waals surface area contributed by atoms with E-state index in [2.05, 4.69) is 0 Å². The number of esters is 1. The van der Waals surface area contributed by atoms with Crippen LogP contribution in [-0.2, 0) is 9.53 Å². The van der Waals surface area contributed by atoms with Crippen molar-refractivity contribution in [3.63, 3.8) is 0 Å². The van der Waals surface area contributed by atoms with Crippen molar-refractivity contribution < 1.29 is 23.9 Å². The first kappa shape index (κ1) is 24.6. The number of ether oxygens (including phenoxy) is 2. The Kier molecular flexibility index (Phi) is 7.33. The number of hydrogen-bond acceptors (Lipinski definition) is 6. The average Bonchev–Trinajstić information content (AvgIpc) is 3.28. The zero-order chi connectivity index (χ0) is 25.1. The topological polar surface area (TPSA) is 77.8 Å². The number of aromatic nitrogens is 1. The summed E-state index contributed by atoms with van der Waals surface area (Å²) in [6, 6.07) is 16.1. The molecule has 35 heavy (non-hydrogen) atoms. The van der Waals surface area contributed by atoms with E-state index >= 15 is 0 Å². The van der Waals surface area contributed by atoms with E-state index < -0.39 is 5.97 Å². The molecule has 180 valence electrons. The number of methoxy groups -OCH3 is 1. The third kappa shape index (κ3) is 5.13. The molecule has 0 bridgehead atoms. The minimum absolute atomic E-state index is 0.124. The quantitative estimate of drug-likeness (QED) is 0.302. The van der Waals surface area contributed by atoms with Gasteiger partial charge in [-0.15, -0.1) is 0 Å². The Hall–Kier alpha value is -3.49. The van der Waals surface area contributed by atoms with Gasteiger partial charge in [-0.05, 0) is 79.7 Å². The molecule has 1 aliphatic heterocycles. The number of imide groups is 1. The predicted octanol–water partition coefficient (Wildman–Crippen LogP) is 5.65. The summed E-state index contributed by atoms with van der Waals surface area (Å²) in [6.45, 7) is 4.16. The third-order valence-corrected chi connectivity index (χ3v) is 6.81. The number of amides is 2. The molecule has 2 amide bonds. The van der Waals surface area contributed by atoms with Crippen LogP contribution in [0.4, 0.5) is 4.79 Å². The van der Waals surface area contributed by atoms with E-state index in [0.717, 1.165) is 34.4 Å². The predicted molar refractivity (Wildman–Crippen MR) is 136 cm³/mol. The van der Waals surface area contributed by atoms with Crippen LogP contribution >= 0.6 is 23.4 Å². The molecule has 0 N–H and O–H groups in total. The molecule has 0 aliphatic carbocycles. The molecule has 0 saturated carbocycles. The van der Waals surface area contributed by atoms with Crippen molar-refractivity contribution in [2.45, 2.75) is 13.8 Å². The zero-order valence-corrected chi connectivity index (χ0v) is 21.0. The summed E-state index contributed by atoms with van der Waals surface area (Å²) in [5.41, 5.74) is 4.02. The Morgan fingerprint density at radius 1 is 1.09 bits per heavy atom. The minimum Gasteiger partial charge on any atom is -0.490 e. The number of benzene rings is 2. The van der Waals surface area contributed by atoms with E-state index in [1.807, 2.05) is 36.6 Å². The van der Waals surface area contributed by atoms with Crippen LogP contribution in [-0.4, -0.2) is 46.8 Å². The fourth-order valence-electron chi connectivity index (χ4n) is 3.84. The lowest BCUT2D eigenvalue weighted by atomic mass is 10.2. The van der Waals surface area contributed by atoms with Gasteiger partial charge in [0.15, 0.2) is 0 Å². The summed E-state index contributed by atoms with van der Waals surface area (Å²) in [5.74, 6) is -0.245. The molecule has 1 aliphatic rings. The summed E-state index contributed by atoms with van der Waals surface area (Å²) in [5, 5.41) is 0.132. The zero-order valence-electron chi connectivity index (χ0n) is 19.4. The summed E-state index contributed by atoms with van der Waals surface area (Å²) in [7, 11) is 1.34. The molecular weight excluding hydrogens is 488 g/mol. The van der Waals surface area contributed by atoms with Gasteiger partial charge in [-0.25, -0.2) is 4.79 Å². The van der Waals surface area contributed by atoms with Crippen LogP contribution in [0, 0.1) is 13.8 Å². The summed E-state index contributed by atoms with van der Waals surface area (Å²) in [4.78, 5) is 38.7. The highest BCUT2D eigenvalue weighted by Crippen LogP contribution is 2.34. The molecule has 4 rings (SSSR count). The van der Waals surface area contributed by atoms with Gasteiger partial charge >= 0.3 is 5.97 Å². The van der Waals surface area contributed by atoms with Gasteiger partial charge in [-0.2, -0.15) is 0 Å². The first-order valence-electron chi connectivity index (χ1n) is 10.8. The summed E-state index contributed by atoms with van der Waals surface area (Å²) < 4.78 is 12.4. The Morgan fingerprint density at radius 2 is 1.80 bits per heavy atom. The number of aryl methyl sites for hydroxylation is 1. The lowest BCUT2D eigenvalue weighted by molar-refractivity contribution is -0.123. The molecular formula is C26H23ClN2O5S. The molecule has 1 fully saturated rings. The van der Waals surface area contributed by atoms with Crippen molar-refractivity contribution in [1.82, 2.24) is 9.47 Å². The first-order chi connectivity index (χ1) is 16.8. The number of halogens is 1. The van der Waals surface area contributed by atoms with Crippen LogP contribution in [0.5, 0.6) is 5.75 Å². The number of para-hydroxylation sites is 1. The van der Waals surface area contributed by atoms with Gasteiger partial charge < -0.3 is 14.0 Å². The highest BCUT2D eigenvalue weighted by Gasteiger charge is 2.35. The van der Waals surface area contributed by atoms with Crippen molar-refractivity contribution in [2.75, 3.05) is 20.3 Å². The lowest BCUT2D eigenvalue weighted by Crippen LogP contribution is -2.32. The van der Waals surface area contributed by atoms with Gasteiger partial charge in [-0.3, -0.25) is 14.5 Å². The maximum atomic E-state index is 12.9. The molecule has 3 aromatic rings. The smallest absolute Gasteiger partial charge is 0.337 e. The van der Waals surface area contributed by atoms with Crippen molar-refractivity contribution in [1.29, 1.82) is 0 Å². The highest BCUT2D eigenvalue weighted by molar-refractivity contribution is 8.18. The number of carbonyl (C=O) groups is 3. The van der Waals surface area contributed by atoms with Crippen molar-refractivity contribution >= 4 is 46.6 Å². The average molecular weight is 511 g/mol. The maximum Gasteiger partial charge on any atom is 0.337 e. The number of rotatable bonds is 7. The Morgan fingerprint density at radius 3 is 2.49 bits per heavy atom. The van der Waals surface area contributed by atoms with Crippen molar-refractivity contribution in [3.8, 4) is 11.4 Å². The fraction of sp³-hybridized carbons (Fsp3) is 0.192. The molecule has 0 radical (unpaired) electrons. The van der Waals surface area contributed by atoms with E-state index in [-0.39, 0.29) is 24.3 Å². The van der Waals surface area contributed by atoms with Crippen LogP contribution in [0.1, 0.15) is 27.3 Å². The Balaban J connectivity index is 1.50. The van der Waals surface area contributed by atoms with Gasteiger partial charge in [0.2, 0.25) is 0 Å². The van der Waals surface area contributed by atoms with E-state index in [0.29, 0.717) is 21.2 Å². The van der Waals surface area contributed by atoms with Crippen LogP contribution < -0.4 is 4.74 Å². The largest absolute Gasteiger partial charge is 0.490 e. The number of carbonyl (C=O) groups excluding carboxylic acids is 3. The summed E-state index contributed by atoms with van der Waals surface area (Å²) >= 11 is 6.99. The second-order valence-electron chi connectivity index (χ2n) is 7.81. The SMILES string of the molecule is COC(=O)c1ccc(-n2c(C)cc(/C=C3\SC(=O)N(CCOc4ccccc4Cl)C3=O)c2C)cc1. The van der Waals surface area contributed by atoms with Gasteiger partial charge in [0.25, 0.3) is 11.1 Å². The first-order valence-corrected chi connectivity index (χ1v) is 12.0. The standard InChI is InChI=1S/C26H23ClN2O5S/c1-16-14-19(17(2)29(16)20-10-8-18(9-11-20)25(31)33-3)15-23-24(30)28(26(32)35-23)12-13-34-22-7-5-4-6-21(22)27/h4-11,14-15H,12-13H2,1-3H3/b23-15-. The number of hydrogen-bond donors (Lipinski definition) is 0. The normalized spacial score (nSPS) is 14.6. The van der Waals surface area contributed by atoms with Crippen LogP contribution in [0.2, 0.25) is 5.02 Å². The fourth-order valence-corrected chi connectivity index (χ4v) is 4.88. The lowest BCUT2D eigenvalue weighted by Gasteiger charge is -2.13. The third-order valence-electron chi connectivity index (χ3n) is 5.59. The molecule has 7 nitrogen and oxygen atoms in total. The molecule has 2 heterocycles. The Bertz CT molecular complexity index is 1330. The monoisotopic (exact) mass is 510 g/mol. The van der Waals surface area contributed by atoms with Crippen molar-refractivity contribution in [3.05, 3.63) is 87.0 Å². The number of thioether (sulfide) groups is 1. The minimum atomic E-state index is -0.397. The van der Waals surface area contributed by atoms with Gasteiger partial charge in [0.05, 0.1) is 29.1 Å². The second-order valence-corrected chi connectivity index (χ2v) is 9.21. The summed E-state index contributed by atoms with van der Waals surface area (Å²) in [6.07, 6.45) is 1.74.